The average molecular weight is 591 g/mol. The summed E-state index contributed by atoms with van der Waals surface area (Å²) >= 11 is 0. The van der Waals surface area contributed by atoms with Gasteiger partial charge in [-0.2, -0.15) is 0 Å². The SMILES string of the molecule is COCCN(C[C@@H]1CCCN2CCCC[C@H]12)C(=O)CCN1C(=O)c2ccccc2N2C(=O)c3c(ccc(OC)c3OC)C12. The molecule has 4 aliphatic heterocycles. The quantitative estimate of drug-likeness (QED) is 0.414. The van der Waals surface area contributed by atoms with Gasteiger partial charge in [-0.15, -0.1) is 0 Å². The fourth-order valence-corrected chi connectivity index (χ4v) is 7.62. The summed E-state index contributed by atoms with van der Waals surface area (Å²) in [6.45, 7) is 4.17. The molecule has 43 heavy (non-hydrogen) atoms. The summed E-state index contributed by atoms with van der Waals surface area (Å²) in [5.41, 5.74) is 2.03. The van der Waals surface area contributed by atoms with Gasteiger partial charge in [0.15, 0.2) is 11.5 Å². The number of hydrogen-bond donors (Lipinski definition) is 0. The number of rotatable bonds is 10. The van der Waals surface area contributed by atoms with Gasteiger partial charge in [0, 0.05) is 44.8 Å². The Morgan fingerprint density at radius 3 is 2.56 bits per heavy atom. The van der Waals surface area contributed by atoms with E-state index >= 15 is 0 Å². The smallest absolute Gasteiger partial charge is 0.264 e. The minimum absolute atomic E-state index is 0.0000462. The number of benzene rings is 2. The molecule has 3 amide bonds. The van der Waals surface area contributed by atoms with E-state index in [2.05, 4.69) is 4.90 Å². The molecule has 6 rings (SSSR count). The van der Waals surface area contributed by atoms with Crippen molar-refractivity contribution in [1.82, 2.24) is 14.7 Å². The summed E-state index contributed by atoms with van der Waals surface area (Å²) in [6.07, 6.45) is 5.45. The highest BCUT2D eigenvalue weighted by atomic mass is 16.5. The van der Waals surface area contributed by atoms with Crippen LogP contribution >= 0.6 is 0 Å². The van der Waals surface area contributed by atoms with Crippen LogP contribution in [0.4, 0.5) is 5.69 Å². The van der Waals surface area contributed by atoms with Gasteiger partial charge in [0.25, 0.3) is 11.8 Å². The molecule has 2 aromatic carbocycles. The van der Waals surface area contributed by atoms with Gasteiger partial charge in [0.2, 0.25) is 5.91 Å². The highest BCUT2D eigenvalue weighted by Gasteiger charge is 2.49. The topological polar surface area (TPSA) is 91.9 Å². The van der Waals surface area contributed by atoms with Crippen molar-refractivity contribution in [3.05, 3.63) is 53.1 Å². The number of anilines is 1. The summed E-state index contributed by atoms with van der Waals surface area (Å²) in [5, 5.41) is 0. The van der Waals surface area contributed by atoms with Gasteiger partial charge >= 0.3 is 0 Å². The fraction of sp³-hybridized carbons (Fsp3) is 0.545. The Labute approximate surface area is 253 Å². The van der Waals surface area contributed by atoms with E-state index in [-0.39, 0.29) is 30.7 Å². The van der Waals surface area contributed by atoms with Crippen LogP contribution in [-0.2, 0) is 9.53 Å². The Kier molecular flexibility index (Phi) is 8.59. The number of ether oxygens (including phenoxy) is 3. The zero-order valence-corrected chi connectivity index (χ0v) is 25.4. The molecule has 230 valence electrons. The Balaban J connectivity index is 1.27. The second kappa shape index (κ2) is 12.5. The largest absolute Gasteiger partial charge is 0.493 e. The van der Waals surface area contributed by atoms with E-state index in [0.717, 1.165) is 25.9 Å². The van der Waals surface area contributed by atoms with Gasteiger partial charge in [0.05, 0.1) is 37.6 Å². The van der Waals surface area contributed by atoms with Crippen molar-refractivity contribution in [2.24, 2.45) is 5.92 Å². The van der Waals surface area contributed by atoms with Gasteiger partial charge < -0.3 is 28.9 Å². The van der Waals surface area contributed by atoms with Crippen molar-refractivity contribution in [3.63, 3.8) is 0 Å². The molecular weight excluding hydrogens is 548 g/mol. The molecular formula is C33H42N4O6. The Morgan fingerprint density at radius 2 is 1.77 bits per heavy atom. The summed E-state index contributed by atoms with van der Waals surface area (Å²) in [4.78, 5) is 49.6. The van der Waals surface area contributed by atoms with E-state index in [1.807, 2.05) is 17.0 Å². The maximum Gasteiger partial charge on any atom is 0.264 e. The average Bonchev–Trinajstić information content (AvgIpc) is 3.34. The van der Waals surface area contributed by atoms with Gasteiger partial charge in [-0.05, 0) is 62.9 Å². The molecule has 0 aliphatic carbocycles. The predicted octanol–water partition coefficient (Wildman–Crippen LogP) is 3.95. The van der Waals surface area contributed by atoms with Gasteiger partial charge in [-0.25, -0.2) is 0 Å². The van der Waals surface area contributed by atoms with E-state index < -0.39 is 6.17 Å². The van der Waals surface area contributed by atoms with Crippen molar-refractivity contribution >= 4 is 23.4 Å². The first kappa shape index (κ1) is 29.4. The Hall–Kier alpha value is -3.63. The van der Waals surface area contributed by atoms with Gasteiger partial charge in [-0.3, -0.25) is 19.3 Å². The van der Waals surface area contributed by atoms with Gasteiger partial charge in [-0.1, -0.05) is 24.6 Å². The number of amides is 3. The molecule has 0 aromatic heterocycles. The molecule has 0 radical (unpaired) electrons. The third-order valence-corrected chi connectivity index (χ3v) is 9.65. The second-order valence-corrected chi connectivity index (χ2v) is 11.9. The van der Waals surface area contributed by atoms with Crippen LogP contribution in [0.25, 0.3) is 0 Å². The molecule has 1 unspecified atom stereocenters. The first-order valence-corrected chi connectivity index (χ1v) is 15.5. The number of methoxy groups -OCH3 is 3. The lowest BCUT2D eigenvalue weighted by Crippen LogP contribution is -2.52. The van der Waals surface area contributed by atoms with E-state index in [4.69, 9.17) is 14.2 Å². The molecule has 0 bridgehead atoms. The Morgan fingerprint density at radius 1 is 0.953 bits per heavy atom. The standard InChI is InChI=1S/C33H42N4O6/c1-41-20-19-35(21-22-9-8-17-34-16-7-6-11-25(22)34)28(38)15-18-36-31-24-13-14-27(42-2)30(43-3)29(24)33(40)37(31)26-12-5-4-10-23(26)32(36)39/h4-5,10,12-14,22,25,31H,6-9,11,15-21H2,1-3H3/t22-,25+,31?/m0/s1. The summed E-state index contributed by atoms with van der Waals surface area (Å²) < 4.78 is 16.5. The van der Waals surface area contributed by atoms with Crippen molar-refractivity contribution in [3.8, 4) is 11.5 Å². The molecule has 2 saturated heterocycles. The molecule has 3 atom stereocenters. The third kappa shape index (κ3) is 5.25. The fourth-order valence-electron chi connectivity index (χ4n) is 7.62. The minimum atomic E-state index is -0.681. The number of nitrogens with zero attached hydrogens (tertiary/aromatic N) is 4. The molecule has 10 nitrogen and oxygen atoms in total. The second-order valence-electron chi connectivity index (χ2n) is 11.9. The van der Waals surface area contributed by atoms with E-state index in [1.165, 1.54) is 33.5 Å². The lowest BCUT2D eigenvalue weighted by atomic mass is 9.83. The highest BCUT2D eigenvalue weighted by Crippen LogP contribution is 2.49. The molecule has 4 aliphatic rings. The number of carbonyl (C=O) groups excluding carboxylic acids is 3. The zero-order chi connectivity index (χ0) is 30.1. The number of para-hydroxylation sites is 1. The van der Waals surface area contributed by atoms with Crippen molar-refractivity contribution in [2.45, 2.75) is 50.7 Å². The molecule has 10 heteroatoms. The van der Waals surface area contributed by atoms with Crippen LogP contribution in [0.2, 0.25) is 0 Å². The molecule has 2 fully saturated rings. The number of hydrogen-bond acceptors (Lipinski definition) is 7. The molecule has 4 heterocycles. The van der Waals surface area contributed by atoms with Crippen molar-refractivity contribution < 1.29 is 28.6 Å². The van der Waals surface area contributed by atoms with Crippen molar-refractivity contribution in [2.75, 3.05) is 65.6 Å². The van der Waals surface area contributed by atoms with Crippen LogP contribution in [0.1, 0.15) is 71.0 Å². The minimum Gasteiger partial charge on any atom is -0.493 e. The van der Waals surface area contributed by atoms with Gasteiger partial charge in [0.1, 0.15) is 6.17 Å². The zero-order valence-electron chi connectivity index (χ0n) is 25.4. The number of fused-ring (bicyclic) bond motifs is 6. The van der Waals surface area contributed by atoms with Crippen LogP contribution in [0.3, 0.4) is 0 Å². The maximum atomic E-state index is 14.0. The van der Waals surface area contributed by atoms with E-state index in [9.17, 15) is 14.4 Å². The molecule has 2 aromatic rings. The first-order valence-electron chi connectivity index (χ1n) is 15.5. The lowest BCUT2D eigenvalue weighted by molar-refractivity contribution is -0.133. The third-order valence-electron chi connectivity index (χ3n) is 9.65. The first-order chi connectivity index (χ1) is 21.0. The van der Waals surface area contributed by atoms with Crippen LogP contribution in [-0.4, -0.2) is 99.1 Å². The van der Waals surface area contributed by atoms with E-state index in [0.29, 0.717) is 65.5 Å². The maximum absolute atomic E-state index is 14.0. The van der Waals surface area contributed by atoms with E-state index in [1.54, 1.807) is 41.2 Å². The van der Waals surface area contributed by atoms with Crippen molar-refractivity contribution in [1.29, 1.82) is 0 Å². The number of piperidine rings is 2. The lowest BCUT2D eigenvalue weighted by Gasteiger charge is -2.46. The molecule has 0 saturated carbocycles. The highest BCUT2D eigenvalue weighted by molar-refractivity contribution is 6.18. The normalized spacial score (nSPS) is 22.9. The number of carbonyl (C=O) groups is 3. The molecule has 0 spiro atoms. The summed E-state index contributed by atoms with van der Waals surface area (Å²) in [7, 11) is 4.69. The monoisotopic (exact) mass is 590 g/mol. The molecule has 0 N–H and O–H groups in total. The summed E-state index contributed by atoms with van der Waals surface area (Å²) in [5.74, 6) is 0.770. The predicted molar refractivity (Wildman–Crippen MR) is 162 cm³/mol. The summed E-state index contributed by atoms with van der Waals surface area (Å²) in [6, 6.07) is 11.3. The Bertz CT molecular complexity index is 1380. The van der Waals surface area contributed by atoms with Crippen LogP contribution in [0.5, 0.6) is 11.5 Å². The van der Waals surface area contributed by atoms with Crippen LogP contribution < -0.4 is 14.4 Å². The van der Waals surface area contributed by atoms with Crippen LogP contribution in [0.15, 0.2) is 36.4 Å². The van der Waals surface area contributed by atoms with Crippen LogP contribution in [0, 0.1) is 5.92 Å².